The van der Waals surface area contributed by atoms with Gasteiger partial charge in [-0.1, -0.05) is 18.2 Å². The highest BCUT2D eigenvalue weighted by molar-refractivity contribution is 5.34. The number of rotatable bonds is 1. The van der Waals surface area contributed by atoms with E-state index < -0.39 is 6.08 Å². The topological polar surface area (TPSA) is 17.8 Å². The van der Waals surface area contributed by atoms with Crippen molar-refractivity contribution in [1.29, 1.82) is 0 Å². The summed E-state index contributed by atoms with van der Waals surface area (Å²) in [7, 11) is 0. The Morgan fingerprint density at radius 2 is 1.79 bits per heavy atom. The zero-order valence-corrected chi connectivity index (χ0v) is 8.16. The molecule has 1 aromatic heterocycles. The van der Waals surface area contributed by atoms with Crippen LogP contribution in [0.5, 0.6) is 0 Å². The maximum absolute atomic E-state index is 13.4. The third kappa shape index (κ3) is 1.31. The number of hydrogen-bond donors (Lipinski definition) is 0. The molecular formula is C11H11FN2. The van der Waals surface area contributed by atoms with E-state index in [0.29, 0.717) is 0 Å². The van der Waals surface area contributed by atoms with Gasteiger partial charge in [0.05, 0.1) is 5.69 Å². The van der Waals surface area contributed by atoms with Gasteiger partial charge in [-0.25, -0.2) is 4.98 Å². The quantitative estimate of drug-likeness (QED) is 0.676. The number of hydrogen-bond acceptors (Lipinski definition) is 1. The van der Waals surface area contributed by atoms with Gasteiger partial charge in [0.1, 0.15) is 0 Å². The summed E-state index contributed by atoms with van der Waals surface area (Å²) in [6.07, 6.45) is -0.453. The second kappa shape index (κ2) is 3.25. The predicted octanol–water partition coefficient (Wildman–Crippen LogP) is 2.63. The van der Waals surface area contributed by atoms with Gasteiger partial charge in [-0.3, -0.25) is 4.57 Å². The molecule has 0 bridgehead atoms. The zero-order chi connectivity index (χ0) is 10.1. The minimum Gasteiger partial charge on any atom is -0.273 e. The number of para-hydroxylation sites is 1. The van der Waals surface area contributed by atoms with E-state index in [1.54, 1.807) is 6.92 Å². The first-order valence-corrected chi connectivity index (χ1v) is 4.47. The van der Waals surface area contributed by atoms with Crippen LogP contribution >= 0.6 is 0 Å². The number of aromatic nitrogens is 2. The second-order valence-electron chi connectivity index (χ2n) is 3.22. The Hall–Kier alpha value is -1.64. The lowest BCUT2D eigenvalue weighted by atomic mass is 10.3. The van der Waals surface area contributed by atoms with Gasteiger partial charge in [0.25, 0.3) is 6.08 Å². The summed E-state index contributed by atoms with van der Waals surface area (Å²) in [4.78, 5) is 3.78. The van der Waals surface area contributed by atoms with Crippen molar-refractivity contribution in [3.05, 3.63) is 47.8 Å². The lowest BCUT2D eigenvalue weighted by molar-refractivity contribution is 0.519. The molecule has 72 valence electrons. The molecule has 0 unspecified atom stereocenters. The monoisotopic (exact) mass is 190 g/mol. The fraction of sp³-hybridized carbons (Fsp3) is 0.182. The van der Waals surface area contributed by atoms with Crippen LogP contribution in [-0.4, -0.2) is 9.55 Å². The average molecular weight is 190 g/mol. The van der Waals surface area contributed by atoms with E-state index in [2.05, 4.69) is 4.98 Å². The van der Waals surface area contributed by atoms with Crippen molar-refractivity contribution in [2.75, 3.05) is 0 Å². The third-order valence-electron chi connectivity index (χ3n) is 2.32. The molecule has 0 amide bonds. The molecule has 0 fully saturated rings. The first kappa shape index (κ1) is 8.94. The third-order valence-corrected chi connectivity index (χ3v) is 2.32. The fourth-order valence-corrected chi connectivity index (χ4v) is 1.45. The molecule has 2 nitrogen and oxygen atoms in total. The molecule has 0 aliphatic carbocycles. The van der Waals surface area contributed by atoms with Crippen molar-refractivity contribution in [3.8, 4) is 5.69 Å². The van der Waals surface area contributed by atoms with E-state index in [9.17, 15) is 4.39 Å². The summed E-state index contributed by atoms with van der Waals surface area (Å²) in [5.41, 5.74) is 2.38. The maximum atomic E-state index is 13.4. The number of nitrogens with zero attached hydrogens (tertiary/aromatic N) is 2. The number of imidazole rings is 1. The summed E-state index contributed by atoms with van der Waals surface area (Å²) < 4.78 is 14.9. The maximum Gasteiger partial charge on any atom is 0.294 e. The largest absolute Gasteiger partial charge is 0.294 e. The van der Waals surface area contributed by atoms with Crippen LogP contribution in [0.15, 0.2) is 30.3 Å². The van der Waals surface area contributed by atoms with E-state index in [1.165, 1.54) is 4.57 Å². The molecule has 3 heteroatoms. The molecule has 2 aromatic rings. The normalized spacial score (nSPS) is 10.5. The predicted molar refractivity (Wildman–Crippen MR) is 53.0 cm³/mol. The molecule has 2 rings (SSSR count). The van der Waals surface area contributed by atoms with Crippen LogP contribution in [0.2, 0.25) is 0 Å². The minimum absolute atomic E-state index is 0.453. The second-order valence-corrected chi connectivity index (χ2v) is 3.22. The van der Waals surface area contributed by atoms with Crippen molar-refractivity contribution in [1.82, 2.24) is 9.55 Å². The molecule has 0 N–H and O–H groups in total. The average Bonchev–Trinajstić information content (AvgIpc) is 2.43. The summed E-state index contributed by atoms with van der Waals surface area (Å²) in [6.45, 7) is 3.66. The fourth-order valence-electron chi connectivity index (χ4n) is 1.45. The molecule has 1 aromatic carbocycles. The van der Waals surface area contributed by atoms with Gasteiger partial charge < -0.3 is 0 Å². The van der Waals surface area contributed by atoms with Crippen LogP contribution in [0.4, 0.5) is 4.39 Å². The van der Waals surface area contributed by atoms with Crippen LogP contribution in [0.3, 0.4) is 0 Å². The Kier molecular flexibility index (Phi) is 2.08. The molecular weight excluding hydrogens is 179 g/mol. The zero-order valence-electron chi connectivity index (χ0n) is 8.16. The molecule has 0 aliphatic rings. The van der Waals surface area contributed by atoms with Crippen LogP contribution in [0, 0.1) is 19.9 Å². The van der Waals surface area contributed by atoms with Crippen LogP contribution in [0.25, 0.3) is 5.69 Å². The molecule has 0 spiro atoms. The molecule has 14 heavy (non-hydrogen) atoms. The van der Waals surface area contributed by atoms with E-state index >= 15 is 0 Å². The standard InChI is InChI=1S/C11H11FN2/c1-8-9(2)14(11(12)13-8)10-6-4-3-5-7-10/h3-7H,1-2H3. The highest BCUT2D eigenvalue weighted by atomic mass is 19.1. The van der Waals surface area contributed by atoms with E-state index in [1.807, 2.05) is 37.3 Å². The van der Waals surface area contributed by atoms with E-state index in [4.69, 9.17) is 0 Å². The Bertz CT molecular complexity index is 446. The van der Waals surface area contributed by atoms with E-state index in [0.717, 1.165) is 17.1 Å². The molecule has 0 aliphatic heterocycles. The smallest absolute Gasteiger partial charge is 0.273 e. The molecule has 1 heterocycles. The van der Waals surface area contributed by atoms with Gasteiger partial charge in [-0.15, -0.1) is 0 Å². The summed E-state index contributed by atoms with van der Waals surface area (Å²) >= 11 is 0. The Morgan fingerprint density at radius 3 is 2.29 bits per heavy atom. The minimum atomic E-state index is -0.453. The highest BCUT2D eigenvalue weighted by Crippen LogP contribution is 2.15. The van der Waals surface area contributed by atoms with Crippen LogP contribution in [0.1, 0.15) is 11.4 Å². The van der Waals surface area contributed by atoms with Crippen molar-refractivity contribution in [3.63, 3.8) is 0 Å². The number of benzene rings is 1. The Labute approximate surface area is 82.0 Å². The Balaban J connectivity index is 2.62. The summed E-state index contributed by atoms with van der Waals surface area (Å²) in [5.74, 6) is 0. The van der Waals surface area contributed by atoms with Gasteiger partial charge in [0.2, 0.25) is 0 Å². The van der Waals surface area contributed by atoms with Gasteiger partial charge in [0, 0.05) is 11.4 Å². The van der Waals surface area contributed by atoms with Crippen molar-refractivity contribution in [2.45, 2.75) is 13.8 Å². The van der Waals surface area contributed by atoms with Gasteiger partial charge >= 0.3 is 0 Å². The first-order chi connectivity index (χ1) is 6.70. The highest BCUT2D eigenvalue weighted by Gasteiger charge is 2.10. The lowest BCUT2D eigenvalue weighted by Crippen LogP contribution is -1.99. The number of halogens is 1. The van der Waals surface area contributed by atoms with Crippen molar-refractivity contribution in [2.24, 2.45) is 0 Å². The molecule has 0 saturated heterocycles. The first-order valence-electron chi connectivity index (χ1n) is 4.47. The molecule has 0 atom stereocenters. The number of aryl methyl sites for hydroxylation is 1. The van der Waals surface area contributed by atoms with E-state index in [-0.39, 0.29) is 0 Å². The summed E-state index contributed by atoms with van der Waals surface area (Å²) in [6, 6.07) is 9.38. The van der Waals surface area contributed by atoms with Gasteiger partial charge in [0.15, 0.2) is 0 Å². The molecule has 0 saturated carbocycles. The molecule has 0 radical (unpaired) electrons. The Morgan fingerprint density at radius 1 is 1.14 bits per heavy atom. The van der Waals surface area contributed by atoms with Crippen LogP contribution < -0.4 is 0 Å². The van der Waals surface area contributed by atoms with Crippen molar-refractivity contribution >= 4 is 0 Å². The SMILES string of the molecule is Cc1nc(F)n(-c2ccccc2)c1C. The van der Waals surface area contributed by atoms with Crippen molar-refractivity contribution < 1.29 is 4.39 Å². The summed E-state index contributed by atoms with van der Waals surface area (Å²) in [5, 5.41) is 0. The van der Waals surface area contributed by atoms with Gasteiger partial charge in [-0.2, -0.15) is 4.39 Å². The van der Waals surface area contributed by atoms with Gasteiger partial charge in [-0.05, 0) is 26.0 Å². The van der Waals surface area contributed by atoms with Crippen LogP contribution in [-0.2, 0) is 0 Å². The lowest BCUT2D eigenvalue weighted by Gasteiger charge is -2.04.